The molecular weight excluding hydrogens is 311 g/mol. The summed E-state index contributed by atoms with van der Waals surface area (Å²) in [5, 5.41) is 9.08. The van der Waals surface area contributed by atoms with Crippen molar-refractivity contribution in [2.45, 2.75) is 25.1 Å². The van der Waals surface area contributed by atoms with Crippen molar-refractivity contribution < 1.29 is 27.8 Å². The van der Waals surface area contributed by atoms with Gasteiger partial charge in [0, 0.05) is 5.56 Å². The van der Waals surface area contributed by atoms with Crippen LogP contribution in [0, 0.1) is 0 Å². The monoisotopic (exact) mass is 323 g/mol. The molecule has 23 heavy (non-hydrogen) atoms. The van der Waals surface area contributed by atoms with E-state index in [2.05, 4.69) is 4.98 Å². The predicted octanol–water partition coefficient (Wildman–Crippen LogP) is 4.01. The van der Waals surface area contributed by atoms with Gasteiger partial charge >= 0.3 is 12.1 Å². The number of ether oxygens (including phenoxy) is 1. The molecule has 3 rings (SSSR count). The number of aromatic nitrogens is 1. The highest BCUT2D eigenvalue weighted by molar-refractivity contribution is 5.90. The Balaban J connectivity index is 2.08. The number of carboxylic acid groups (broad SMARTS) is 1. The van der Waals surface area contributed by atoms with E-state index in [-0.39, 0.29) is 22.9 Å². The summed E-state index contributed by atoms with van der Waals surface area (Å²) < 4.78 is 44.1. The minimum Gasteiger partial charge on any atom is -0.490 e. The number of alkyl halides is 3. The van der Waals surface area contributed by atoms with Gasteiger partial charge in [0.15, 0.2) is 0 Å². The highest BCUT2D eigenvalue weighted by Crippen LogP contribution is 2.36. The van der Waals surface area contributed by atoms with Gasteiger partial charge in [-0.15, -0.1) is 0 Å². The Morgan fingerprint density at radius 2 is 1.96 bits per heavy atom. The van der Waals surface area contributed by atoms with Gasteiger partial charge in [0.25, 0.3) is 0 Å². The molecule has 0 unspecified atom stereocenters. The molecule has 0 aliphatic heterocycles. The lowest BCUT2D eigenvalue weighted by atomic mass is 10.1. The molecule has 1 heterocycles. The molecule has 0 radical (unpaired) electrons. The van der Waals surface area contributed by atoms with Crippen LogP contribution in [0.5, 0.6) is 5.75 Å². The van der Waals surface area contributed by atoms with Gasteiger partial charge in [0.1, 0.15) is 11.4 Å². The van der Waals surface area contributed by atoms with E-state index in [1.165, 1.54) is 30.3 Å². The molecule has 0 atom stereocenters. The van der Waals surface area contributed by atoms with E-state index in [9.17, 15) is 18.0 Å². The van der Waals surface area contributed by atoms with Crippen molar-refractivity contribution in [3.05, 3.63) is 47.7 Å². The zero-order valence-corrected chi connectivity index (χ0v) is 11.8. The average molecular weight is 323 g/mol. The van der Waals surface area contributed by atoms with Gasteiger partial charge in [-0.25, -0.2) is 9.78 Å². The fourth-order valence-corrected chi connectivity index (χ4v) is 2.07. The van der Waals surface area contributed by atoms with Crippen molar-refractivity contribution in [3.8, 4) is 17.0 Å². The first-order chi connectivity index (χ1) is 10.8. The Hall–Kier alpha value is -2.57. The summed E-state index contributed by atoms with van der Waals surface area (Å²) in [4.78, 5) is 14.7. The van der Waals surface area contributed by atoms with Crippen molar-refractivity contribution in [1.29, 1.82) is 0 Å². The Kier molecular flexibility index (Phi) is 3.71. The van der Waals surface area contributed by atoms with Gasteiger partial charge in [0.05, 0.1) is 17.4 Å². The van der Waals surface area contributed by atoms with E-state index in [0.717, 1.165) is 18.9 Å². The summed E-state index contributed by atoms with van der Waals surface area (Å²) in [6.07, 6.45) is -2.81. The zero-order valence-electron chi connectivity index (χ0n) is 11.8. The summed E-state index contributed by atoms with van der Waals surface area (Å²) in [7, 11) is 0. The number of benzene rings is 1. The van der Waals surface area contributed by atoms with Crippen LogP contribution < -0.4 is 4.74 Å². The summed E-state index contributed by atoms with van der Waals surface area (Å²) in [6.45, 7) is 0. The molecule has 1 fully saturated rings. The zero-order chi connectivity index (χ0) is 16.6. The smallest absolute Gasteiger partial charge is 0.433 e. The van der Waals surface area contributed by atoms with Crippen LogP contribution in [0.2, 0.25) is 0 Å². The van der Waals surface area contributed by atoms with Gasteiger partial charge in [0.2, 0.25) is 0 Å². The maximum Gasteiger partial charge on any atom is 0.433 e. The highest BCUT2D eigenvalue weighted by atomic mass is 19.4. The van der Waals surface area contributed by atoms with E-state index in [4.69, 9.17) is 9.84 Å². The van der Waals surface area contributed by atoms with Crippen LogP contribution in [0.1, 0.15) is 28.9 Å². The third-order valence-electron chi connectivity index (χ3n) is 3.36. The lowest BCUT2D eigenvalue weighted by molar-refractivity contribution is -0.141. The van der Waals surface area contributed by atoms with Crippen LogP contribution in [0.4, 0.5) is 13.2 Å². The summed E-state index contributed by atoms with van der Waals surface area (Å²) >= 11 is 0. The quantitative estimate of drug-likeness (QED) is 0.923. The Labute approximate surface area is 129 Å². The van der Waals surface area contributed by atoms with Crippen molar-refractivity contribution in [3.63, 3.8) is 0 Å². The van der Waals surface area contributed by atoms with Gasteiger partial charge < -0.3 is 9.84 Å². The van der Waals surface area contributed by atoms with E-state index in [1.807, 2.05) is 0 Å². The fourth-order valence-electron chi connectivity index (χ4n) is 2.07. The van der Waals surface area contributed by atoms with E-state index in [0.29, 0.717) is 5.75 Å². The van der Waals surface area contributed by atoms with Crippen molar-refractivity contribution in [2.24, 2.45) is 0 Å². The normalized spacial score (nSPS) is 14.6. The van der Waals surface area contributed by atoms with E-state index >= 15 is 0 Å². The maximum absolute atomic E-state index is 12.8. The Bertz CT molecular complexity index is 754. The van der Waals surface area contributed by atoms with Gasteiger partial charge in [-0.05, 0) is 43.2 Å². The summed E-state index contributed by atoms with van der Waals surface area (Å²) in [6, 6.07) is 7.60. The molecule has 4 nitrogen and oxygen atoms in total. The molecule has 1 aromatic carbocycles. The van der Waals surface area contributed by atoms with Crippen LogP contribution in [-0.4, -0.2) is 22.2 Å². The number of rotatable bonds is 4. The summed E-state index contributed by atoms with van der Waals surface area (Å²) in [5.74, 6) is -0.833. The number of pyridine rings is 1. The van der Waals surface area contributed by atoms with Gasteiger partial charge in [-0.3, -0.25) is 0 Å². The van der Waals surface area contributed by atoms with Crippen molar-refractivity contribution in [2.75, 3.05) is 0 Å². The van der Waals surface area contributed by atoms with Crippen molar-refractivity contribution in [1.82, 2.24) is 4.98 Å². The number of halogens is 3. The summed E-state index contributed by atoms with van der Waals surface area (Å²) in [5.41, 5.74) is -0.808. The molecule has 120 valence electrons. The standard InChI is InChI=1S/C16H12F3NO3/c17-16(18,19)14-3-1-2-12(20-14)11-8-9(15(21)22)4-7-13(11)23-10-5-6-10/h1-4,7-8,10H,5-6H2,(H,21,22). The van der Waals surface area contributed by atoms with Gasteiger partial charge in [-0.1, -0.05) is 6.07 Å². The van der Waals surface area contributed by atoms with E-state index < -0.39 is 17.8 Å². The minimum absolute atomic E-state index is 0.0234. The van der Waals surface area contributed by atoms with Crippen LogP contribution in [0.25, 0.3) is 11.3 Å². The maximum atomic E-state index is 12.8. The Morgan fingerprint density at radius 3 is 2.57 bits per heavy atom. The molecule has 0 amide bonds. The molecule has 1 aliphatic carbocycles. The molecule has 1 aliphatic rings. The topological polar surface area (TPSA) is 59.4 Å². The lowest BCUT2D eigenvalue weighted by Crippen LogP contribution is -2.08. The third-order valence-corrected chi connectivity index (χ3v) is 3.36. The third kappa shape index (κ3) is 3.44. The van der Waals surface area contributed by atoms with Crippen LogP contribution in [0.3, 0.4) is 0 Å². The highest BCUT2D eigenvalue weighted by Gasteiger charge is 2.33. The van der Waals surface area contributed by atoms with Crippen LogP contribution >= 0.6 is 0 Å². The Morgan fingerprint density at radius 1 is 1.22 bits per heavy atom. The minimum atomic E-state index is -4.57. The fraction of sp³-hybridized carbons (Fsp3) is 0.250. The van der Waals surface area contributed by atoms with E-state index in [1.54, 1.807) is 0 Å². The number of carbonyl (C=O) groups is 1. The second-order valence-electron chi connectivity index (χ2n) is 5.24. The number of carboxylic acids is 1. The molecule has 0 spiro atoms. The largest absolute Gasteiger partial charge is 0.490 e. The SMILES string of the molecule is O=C(O)c1ccc(OC2CC2)c(-c2cccc(C(F)(F)F)n2)c1. The van der Waals surface area contributed by atoms with Crippen LogP contribution in [-0.2, 0) is 6.18 Å². The molecule has 0 bridgehead atoms. The molecule has 1 saturated carbocycles. The van der Waals surface area contributed by atoms with Crippen molar-refractivity contribution >= 4 is 5.97 Å². The average Bonchev–Trinajstić information content (AvgIpc) is 3.31. The molecule has 0 saturated heterocycles. The molecule has 1 N–H and O–H groups in total. The lowest BCUT2D eigenvalue weighted by Gasteiger charge is -2.13. The number of hydrogen-bond donors (Lipinski definition) is 1. The number of aromatic carboxylic acids is 1. The first-order valence-corrected chi connectivity index (χ1v) is 6.93. The van der Waals surface area contributed by atoms with Crippen LogP contribution in [0.15, 0.2) is 36.4 Å². The van der Waals surface area contributed by atoms with Gasteiger partial charge in [-0.2, -0.15) is 13.2 Å². The predicted molar refractivity (Wildman–Crippen MR) is 75.3 cm³/mol. The molecule has 1 aromatic heterocycles. The first-order valence-electron chi connectivity index (χ1n) is 6.93. The first kappa shape index (κ1) is 15.3. The molecule has 7 heteroatoms. The molecular formula is C16H12F3NO3. The molecule has 2 aromatic rings. The second-order valence-corrected chi connectivity index (χ2v) is 5.24. The second kappa shape index (κ2) is 5.57. The number of nitrogens with zero attached hydrogens (tertiary/aromatic N) is 1. The number of hydrogen-bond acceptors (Lipinski definition) is 3.